The van der Waals surface area contributed by atoms with E-state index in [2.05, 4.69) is 41.7 Å². The van der Waals surface area contributed by atoms with Crippen LogP contribution in [0.25, 0.3) is 21.5 Å². The molecule has 0 aliphatic heterocycles. The van der Waals surface area contributed by atoms with Gasteiger partial charge in [0.15, 0.2) is 6.10 Å². The lowest BCUT2D eigenvalue weighted by molar-refractivity contribution is -0.173. The number of hydrogen-bond donors (Lipinski definition) is 3. The Kier molecular flexibility index (Phi) is 20.9. The molecule has 3 N–H and O–H groups in total. The summed E-state index contributed by atoms with van der Waals surface area (Å²) in [5.41, 5.74) is 1.01. The number of alkyl halides is 3. The van der Waals surface area contributed by atoms with Gasteiger partial charge in [0.05, 0.1) is 52.1 Å². The number of alkyl carbamates (subject to hydrolysis) is 1. The molecule has 0 bridgehead atoms. The van der Waals surface area contributed by atoms with Crippen LogP contribution < -0.4 is 10.6 Å². The standard InChI is InChI=1S/C40H56F3N4O9P/c1-30(2)47(31(3)4)57(50,25-9-16-44)56-34(27-54-29-37-35-14-7-5-12-32(35)26-33-13-6-8-15-36(33)37)28-55-39(49)46-18-11-20-52-22-24-53-23-21-51-19-10-17-45-38(48)40(41,42)43/h5-8,12-15,26,30-31,34,50H,9-11,17-25,27-29H2,1-4H3,(H-,45,46,48,49)/p+1/t34-,57?/m0/s1. The van der Waals surface area contributed by atoms with E-state index in [0.29, 0.717) is 26.2 Å². The fourth-order valence-electron chi connectivity index (χ4n) is 6.24. The van der Waals surface area contributed by atoms with Gasteiger partial charge in [-0.15, -0.1) is 4.67 Å². The van der Waals surface area contributed by atoms with Gasteiger partial charge in [-0.2, -0.15) is 23.0 Å². The fraction of sp³-hybridized carbons (Fsp3) is 0.575. The zero-order valence-corrected chi connectivity index (χ0v) is 34.1. The van der Waals surface area contributed by atoms with Crippen molar-refractivity contribution in [2.24, 2.45) is 0 Å². The van der Waals surface area contributed by atoms with Crippen LogP contribution in [-0.2, 0) is 39.6 Å². The summed E-state index contributed by atoms with van der Waals surface area (Å²) < 4.78 is 72.8. The number of fused-ring (bicyclic) bond motifs is 2. The minimum absolute atomic E-state index is 0.0107. The number of ether oxygens (including phenoxy) is 5. The Morgan fingerprint density at radius 2 is 1.33 bits per heavy atom. The van der Waals surface area contributed by atoms with Crippen LogP contribution in [0, 0.1) is 11.3 Å². The fourth-order valence-corrected chi connectivity index (χ4v) is 9.12. The number of nitrogens with one attached hydrogen (secondary N) is 2. The van der Waals surface area contributed by atoms with Crippen LogP contribution in [0.5, 0.6) is 0 Å². The monoisotopic (exact) mass is 825 g/mol. The van der Waals surface area contributed by atoms with Crippen molar-refractivity contribution >= 4 is 41.4 Å². The second-order valence-electron chi connectivity index (χ2n) is 13.7. The molecule has 0 saturated heterocycles. The molecule has 0 aromatic heterocycles. The normalized spacial score (nSPS) is 13.6. The Bertz CT molecular complexity index is 1650. The average molecular weight is 826 g/mol. The van der Waals surface area contributed by atoms with E-state index in [0.717, 1.165) is 27.1 Å². The highest BCUT2D eigenvalue weighted by atomic mass is 31.2. The second-order valence-corrected chi connectivity index (χ2v) is 16.2. The van der Waals surface area contributed by atoms with Crippen molar-refractivity contribution in [1.82, 2.24) is 15.3 Å². The van der Waals surface area contributed by atoms with Crippen molar-refractivity contribution in [2.45, 2.75) is 77.9 Å². The SMILES string of the molecule is CC(C)N(C(C)C)[P+](O)(CCC#N)O[C@@H](COCc1c2ccccc2cc2ccccc12)COC(=O)NCCCOCCOCCOCCCNC(=O)C(F)(F)F. The lowest BCUT2D eigenvalue weighted by Gasteiger charge is -2.36. The summed E-state index contributed by atoms with van der Waals surface area (Å²) in [6.07, 6.45) is -5.46. The van der Waals surface area contributed by atoms with Crippen LogP contribution in [0.4, 0.5) is 18.0 Å². The van der Waals surface area contributed by atoms with E-state index in [1.54, 1.807) is 5.32 Å². The number of halogens is 3. The van der Waals surface area contributed by atoms with Gasteiger partial charge in [-0.3, -0.25) is 4.79 Å². The first-order chi connectivity index (χ1) is 27.3. The zero-order valence-electron chi connectivity index (χ0n) is 33.2. The van der Waals surface area contributed by atoms with Crippen LogP contribution in [-0.4, -0.2) is 118 Å². The van der Waals surface area contributed by atoms with Gasteiger partial charge in [0.25, 0.3) is 0 Å². The zero-order chi connectivity index (χ0) is 41.7. The molecule has 0 aliphatic carbocycles. The number of benzene rings is 3. The Hall–Kier alpha value is -3.65. The van der Waals surface area contributed by atoms with E-state index < -0.39 is 32.1 Å². The van der Waals surface area contributed by atoms with E-state index in [1.165, 1.54) is 0 Å². The van der Waals surface area contributed by atoms with Gasteiger partial charge in [-0.05, 0) is 73.7 Å². The van der Waals surface area contributed by atoms with Crippen molar-refractivity contribution < 1.29 is 55.9 Å². The van der Waals surface area contributed by atoms with E-state index >= 15 is 0 Å². The summed E-state index contributed by atoms with van der Waals surface area (Å²) in [7, 11) is -3.33. The smallest absolute Gasteiger partial charge is 0.447 e. The molecule has 3 aromatic carbocycles. The molecule has 1 unspecified atom stereocenters. The topological polar surface area (TPSA) is 161 Å². The summed E-state index contributed by atoms with van der Waals surface area (Å²) in [4.78, 5) is 35.5. The minimum Gasteiger partial charge on any atom is -0.447 e. The van der Waals surface area contributed by atoms with Crippen LogP contribution in [0.3, 0.4) is 0 Å². The summed E-state index contributed by atoms with van der Waals surface area (Å²) in [6, 6.07) is 20.3. The minimum atomic E-state index is -4.90. The predicted molar refractivity (Wildman–Crippen MR) is 212 cm³/mol. The highest BCUT2D eigenvalue weighted by Crippen LogP contribution is 2.62. The largest absolute Gasteiger partial charge is 0.471 e. The Balaban J connectivity index is 1.46. The second kappa shape index (κ2) is 25.0. The molecule has 17 heteroatoms. The van der Waals surface area contributed by atoms with Crippen LogP contribution in [0.15, 0.2) is 54.6 Å². The number of carbonyl (C=O) groups excluding carboxylic acids is 2. The molecular formula is C40H57F3N4O9P+. The van der Waals surface area contributed by atoms with Crippen LogP contribution in [0.2, 0.25) is 0 Å². The lowest BCUT2D eigenvalue weighted by Crippen LogP contribution is -2.41. The van der Waals surface area contributed by atoms with E-state index in [4.69, 9.17) is 28.2 Å². The number of hydrogen-bond acceptors (Lipinski definition) is 11. The molecule has 0 saturated carbocycles. The molecule has 0 aliphatic rings. The number of nitrogens with zero attached hydrogens (tertiary/aromatic N) is 2. The third kappa shape index (κ3) is 16.6. The maximum absolute atomic E-state index is 12.7. The molecule has 0 radical (unpaired) electrons. The number of rotatable bonds is 27. The maximum Gasteiger partial charge on any atom is 0.471 e. The summed E-state index contributed by atoms with van der Waals surface area (Å²) in [5.74, 6) is -1.97. The van der Waals surface area contributed by atoms with E-state index in [1.807, 2.05) is 56.6 Å². The highest BCUT2D eigenvalue weighted by molar-refractivity contribution is 7.63. The Morgan fingerprint density at radius 1 is 0.807 bits per heavy atom. The summed E-state index contributed by atoms with van der Waals surface area (Å²) >= 11 is 0. The first kappa shape index (κ1) is 47.7. The predicted octanol–water partition coefficient (Wildman–Crippen LogP) is 6.92. The van der Waals surface area contributed by atoms with Gasteiger partial charge < -0.3 is 34.3 Å². The molecule has 0 fully saturated rings. The van der Waals surface area contributed by atoms with Crippen LogP contribution >= 0.6 is 7.87 Å². The van der Waals surface area contributed by atoms with Crippen molar-refractivity contribution in [3.63, 3.8) is 0 Å². The van der Waals surface area contributed by atoms with Crippen LogP contribution in [0.1, 0.15) is 52.5 Å². The number of carbonyl (C=O) groups is 2. The van der Waals surface area contributed by atoms with Crippen molar-refractivity contribution in [1.29, 1.82) is 5.26 Å². The van der Waals surface area contributed by atoms with Crippen molar-refractivity contribution in [3.05, 3.63) is 60.2 Å². The summed E-state index contributed by atoms with van der Waals surface area (Å²) in [6.45, 7) is 9.68. The van der Waals surface area contributed by atoms with Gasteiger partial charge in [0.2, 0.25) is 0 Å². The number of nitriles is 1. The van der Waals surface area contributed by atoms with E-state index in [9.17, 15) is 32.9 Å². The van der Waals surface area contributed by atoms with E-state index in [-0.39, 0.29) is 83.8 Å². The lowest BCUT2D eigenvalue weighted by atomic mass is 9.97. The molecule has 2 amide bonds. The first-order valence-electron chi connectivity index (χ1n) is 19.2. The van der Waals surface area contributed by atoms with Crippen molar-refractivity contribution in [2.75, 3.05) is 72.1 Å². The van der Waals surface area contributed by atoms with Gasteiger partial charge in [-0.25, -0.2) is 9.69 Å². The van der Waals surface area contributed by atoms with Gasteiger partial charge in [0.1, 0.15) is 12.8 Å². The Morgan fingerprint density at radius 3 is 1.86 bits per heavy atom. The molecule has 3 rings (SSSR count). The first-order valence-corrected chi connectivity index (χ1v) is 21.0. The highest BCUT2D eigenvalue weighted by Gasteiger charge is 2.50. The molecule has 0 spiro atoms. The number of amides is 2. The molecular weight excluding hydrogens is 768 g/mol. The molecule has 13 nitrogen and oxygen atoms in total. The molecule has 0 heterocycles. The summed E-state index contributed by atoms with van der Waals surface area (Å²) in [5, 5.41) is 18.2. The third-order valence-electron chi connectivity index (χ3n) is 8.57. The quantitative estimate of drug-likeness (QED) is 0.0416. The maximum atomic E-state index is 12.7. The van der Waals surface area contributed by atoms with Gasteiger partial charge in [0, 0.05) is 38.4 Å². The molecule has 57 heavy (non-hydrogen) atoms. The van der Waals surface area contributed by atoms with Gasteiger partial charge >= 0.3 is 26.0 Å². The van der Waals surface area contributed by atoms with Crippen molar-refractivity contribution in [3.8, 4) is 6.07 Å². The third-order valence-corrected chi connectivity index (χ3v) is 11.7. The molecule has 2 atom stereocenters. The van der Waals surface area contributed by atoms with Gasteiger partial charge in [-0.1, -0.05) is 48.5 Å². The average Bonchev–Trinajstić information content (AvgIpc) is 3.16. The Labute approximate surface area is 333 Å². The molecule has 3 aromatic rings. The molecule has 316 valence electrons.